The van der Waals surface area contributed by atoms with Crippen molar-refractivity contribution in [2.45, 2.75) is 143 Å². The van der Waals surface area contributed by atoms with E-state index in [1.807, 2.05) is 6.08 Å². The van der Waals surface area contributed by atoms with E-state index in [1.165, 1.54) is 0 Å². The lowest BCUT2D eigenvalue weighted by Gasteiger charge is -2.70. The number of carboxylic acid groups (broad SMARTS) is 2. The zero-order chi connectivity index (χ0) is 34.0. The predicted octanol–water partition coefficient (Wildman–Crippen LogP) is 1.66. The number of aliphatic hydroxyl groups is 3. The van der Waals surface area contributed by atoms with Crippen molar-refractivity contribution in [1.82, 2.24) is 0 Å². The average molecular weight is 645 g/mol. The van der Waals surface area contributed by atoms with Crippen molar-refractivity contribution in [3.05, 3.63) is 11.6 Å². The lowest BCUT2D eigenvalue weighted by Crippen LogP contribution is -2.67. The zero-order valence-corrected chi connectivity index (χ0v) is 28.3. The minimum absolute atomic E-state index is 0.0105. The zero-order valence-electron chi connectivity index (χ0n) is 28.3. The van der Waals surface area contributed by atoms with Crippen LogP contribution in [-0.4, -0.2) is 69.9 Å². The molecule has 6 rings (SSSR count). The van der Waals surface area contributed by atoms with Crippen molar-refractivity contribution >= 4 is 17.7 Å². The monoisotopic (exact) mass is 644 g/mol. The Labute approximate surface area is 271 Å². The number of ether oxygens (including phenoxy) is 2. The van der Waals surface area contributed by atoms with Crippen LogP contribution in [0.25, 0.3) is 0 Å². The molecule has 5 unspecified atom stereocenters. The molecular weight excluding hydrogens is 592 g/mol. The van der Waals surface area contributed by atoms with Crippen LogP contribution in [0.1, 0.15) is 106 Å². The fourth-order valence-electron chi connectivity index (χ4n) is 11.9. The van der Waals surface area contributed by atoms with Gasteiger partial charge in [-0.15, -0.1) is 0 Å². The highest BCUT2D eigenvalue weighted by Gasteiger charge is 2.70. The molecule has 6 aliphatic rings. The quantitative estimate of drug-likeness (QED) is 0.382. The predicted molar refractivity (Wildman–Crippen MR) is 161 cm³/mol. The van der Waals surface area contributed by atoms with E-state index in [0.29, 0.717) is 25.7 Å². The van der Waals surface area contributed by atoms with E-state index in [1.54, 1.807) is 6.92 Å². The molecule has 1 saturated heterocycles. The van der Waals surface area contributed by atoms with Crippen molar-refractivity contribution in [1.29, 1.82) is 0 Å². The number of ketones is 1. The highest BCUT2D eigenvalue weighted by molar-refractivity contribution is 5.95. The van der Waals surface area contributed by atoms with Crippen LogP contribution in [0.15, 0.2) is 11.6 Å². The Bertz CT molecular complexity index is 1340. The molecule has 10 heteroatoms. The average Bonchev–Trinajstić information content (AvgIpc) is 2.96. The largest absolute Gasteiger partial charge is 0.550 e. The molecule has 5 fully saturated rings. The number of aliphatic hydroxyl groups excluding tert-OH is 3. The number of hydrogen-bond acceptors (Lipinski definition) is 10. The van der Waals surface area contributed by atoms with Gasteiger partial charge >= 0.3 is 0 Å². The molecule has 0 aromatic rings. The molecule has 0 bridgehead atoms. The Kier molecular flexibility index (Phi) is 7.82. The highest BCUT2D eigenvalue weighted by atomic mass is 16.7. The van der Waals surface area contributed by atoms with Gasteiger partial charge in [-0.1, -0.05) is 54.0 Å². The van der Waals surface area contributed by atoms with Gasteiger partial charge in [-0.25, -0.2) is 0 Å². The summed E-state index contributed by atoms with van der Waals surface area (Å²) in [6.07, 6.45) is -0.474. The fraction of sp³-hybridized carbons (Fsp3) is 0.861. The molecule has 0 aromatic heterocycles. The molecule has 0 radical (unpaired) electrons. The van der Waals surface area contributed by atoms with Gasteiger partial charge in [0.25, 0.3) is 0 Å². The first-order chi connectivity index (χ1) is 21.2. The maximum atomic E-state index is 14.6. The number of hydrogen-bond donors (Lipinski definition) is 3. The van der Waals surface area contributed by atoms with Crippen LogP contribution in [0.3, 0.4) is 0 Å². The number of carbonyl (C=O) groups excluding carboxylic acids is 3. The SMILES string of the molecule is CC1(C)[C@@H](OC2OC(C(=O)[O-])C(O)C(O)C2O)CC[C@@]2(C)[C@@H]1CC[C@]1(C)[C@H]2C(=O)C=C2[C@@H]3C[C@@](C)(C(=O)[O-])CC[C@]3(C)CC[C@]21C. The van der Waals surface area contributed by atoms with Gasteiger partial charge in [0.1, 0.15) is 24.4 Å². The molecule has 0 amide bonds. The molecule has 1 aliphatic heterocycles. The van der Waals surface area contributed by atoms with Crippen LogP contribution in [0.4, 0.5) is 0 Å². The van der Waals surface area contributed by atoms with Gasteiger partial charge < -0.3 is 44.6 Å². The van der Waals surface area contributed by atoms with Crippen molar-refractivity contribution in [3.8, 4) is 0 Å². The fourth-order valence-corrected chi connectivity index (χ4v) is 11.9. The minimum atomic E-state index is -1.85. The molecule has 0 aromatic carbocycles. The Balaban J connectivity index is 1.31. The molecule has 0 spiro atoms. The summed E-state index contributed by atoms with van der Waals surface area (Å²) in [6, 6.07) is 0. The Morgan fingerprint density at radius 2 is 1.52 bits per heavy atom. The van der Waals surface area contributed by atoms with Gasteiger partial charge in [-0.2, -0.15) is 0 Å². The second-order valence-corrected chi connectivity index (χ2v) is 17.7. The molecule has 14 atom stereocenters. The maximum absolute atomic E-state index is 14.6. The van der Waals surface area contributed by atoms with E-state index in [9.17, 15) is 39.9 Å². The number of rotatable bonds is 4. The number of carboxylic acids is 2. The van der Waals surface area contributed by atoms with E-state index in [-0.39, 0.29) is 45.2 Å². The first-order valence-electron chi connectivity index (χ1n) is 17.2. The van der Waals surface area contributed by atoms with Crippen molar-refractivity contribution < 1.29 is 49.4 Å². The van der Waals surface area contributed by atoms with Crippen molar-refractivity contribution in [3.63, 3.8) is 0 Å². The van der Waals surface area contributed by atoms with E-state index < -0.39 is 59.6 Å². The first kappa shape index (κ1) is 34.0. The van der Waals surface area contributed by atoms with E-state index in [2.05, 4.69) is 41.5 Å². The second kappa shape index (κ2) is 10.6. The maximum Gasteiger partial charge on any atom is 0.187 e. The number of fused-ring (bicyclic) bond motifs is 7. The second-order valence-electron chi connectivity index (χ2n) is 17.7. The number of aliphatic carboxylic acids is 2. The van der Waals surface area contributed by atoms with Gasteiger partial charge in [-0.3, -0.25) is 4.79 Å². The Hall–Kier alpha value is -1.85. The van der Waals surface area contributed by atoms with Crippen LogP contribution in [0.5, 0.6) is 0 Å². The van der Waals surface area contributed by atoms with Crippen molar-refractivity contribution in [2.75, 3.05) is 0 Å². The summed E-state index contributed by atoms with van der Waals surface area (Å²) >= 11 is 0. The van der Waals surface area contributed by atoms with Gasteiger partial charge in [0.05, 0.1) is 12.1 Å². The summed E-state index contributed by atoms with van der Waals surface area (Å²) in [5, 5.41) is 55.0. The molecule has 258 valence electrons. The van der Waals surface area contributed by atoms with Crippen LogP contribution in [0, 0.1) is 50.2 Å². The Morgan fingerprint density at radius 3 is 2.15 bits per heavy atom. The molecule has 4 saturated carbocycles. The standard InChI is InChI=1S/C36H54O10/c1-31(2)21-8-11-36(7)27(34(21,5)10-9-22(31)45-29-25(40)23(38)24(39)26(46-29)28(41)42)20(37)16-18-19-17-33(4,30(43)44)13-12-32(19,3)14-15-35(18,36)6/h16,19,21-27,29,38-40H,8-15,17H2,1-7H3,(H,41,42)(H,43,44)/p-2/t19-,21+,22-,23?,24?,25?,26?,27-,29?,32+,33-,34-,35+,36+/m0/s1. The lowest BCUT2D eigenvalue weighted by molar-refractivity contribution is -0.359. The van der Waals surface area contributed by atoms with Crippen LogP contribution < -0.4 is 10.2 Å². The summed E-state index contributed by atoms with van der Waals surface area (Å²) < 4.78 is 11.7. The van der Waals surface area contributed by atoms with Crippen molar-refractivity contribution in [2.24, 2.45) is 50.2 Å². The normalized spacial score (nSPS) is 53.1. The highest BCUT2D eigenvalue weighted by Crippen LogP contribution is 2.75. The van der Waals surface area contributed by atoms with Crippen LogP contribution >= 0.6 is 0 Å². The molecule has 10 nitrogen and oxygen atoms in total. The van der Waals surface area contributed by atoms with Crippen LogP contribution in [0.2, 0.25) is 0 Å². The third-order valence-electron chi connectivity index (χ3n) is 15.1. The Morgan fingerprint density at radius 1 is 0.870 bits per heavy atom. The molecule has 1 heterocycles. The van der Waals surface area contributed by atoms with Gasteiger partial charge in [-0.05, 0) is 103 Å². The molecule has 46 heavy (non-hydrogen) atoms. The summed E-state index contributed by atoms with van der Waals surface area (Å²) in [5.41, 5.74) is -1.30. The van der Waals surface area contributed by atoms with Gasteiger partial charge in [0.15, 0.2) is 12.1 Å². The van der Waals surface area contributed by atoms with E-state index in [4.69, 9.17) is 9.47 Å². The summed E-state index contributed by atoms with van der Waals surface area (Å²) in [4.78, 5) is 38.4. The van der Waals surface area contributed by atoms with Gasteiger partial charge in [0.2, 0.25) is 0 Å². The minimum Gasteiger partial charge on any atom is -0.550 e. The summed E-state index contributed by atoms with van der Waals surface area (Å²) in [6.45, 7) is 15.1. The molecule has 5 aliphatic carbocycles. The first-order valence-corrected chi connectivity index (χ1v) is 17.2. The van der Waals surface area contributed by atoms with Crippen LogP contribution in [-0.2, 0) is 23.9 Å². The van der Waals surface area contributed by atoms with E-state index in [0.717, 1.165) is 37.7 Å². The topological polar surface area (TPSA) is 176 Å². The number of carbonyl (C=O) groups is 3. The molecular formula is C36H52O10-2. The smallest absolute Gasteiger partial charge is 0.187 e. The number of allylic oxidation sites excluding steroid dienone is 2. The lowest BCUT2D eigenvalue weighted by atomic mass is 9.33. The van der Waals surface area contributed by atoms with E-state index >= 15 is 0 Å². The molecule has 3 N–H and O–H groups in total. The third kappa shape index (κ3) is 4.49. The van der Waals surface area contributed by atoms with Gasteiger partial charge in [0, 0.05) is 17.3 Å². The third-order valence-corrected chi connectivity index (χ3v) is 15.1. The summed E-state index contributed by atoms with van der Waals surface area (Å²) in [7, 11) is 0. The summed E-state index contributed by atoms with van der Waals surface area (Å²) in [5.74, 6) is -2.76.